The van der Waals surface area contributed by atoms with Gasteiger partial charge in [0.1, 0.15) is 16.7 Å². The van der Waals surface area contributed by atoms with Crippen LogP contribution >= 0.6 is 11.6 Å². The van der Waals surface area contributed by atoms with Gasteiger partial charge in [0.25, 0.3) is 0 Å². The lowest BCUT2D eigenvalue weighted by Gasteiger charge is -2.25. The van der Waals surface area contributed by atoms with Gasteiger partial charge in [-0.1, -0.05) is 66.2 Å². The van der Waals surface area contributed by atoms with E-state index in [9.17, 15) is 0 Å². The summed E-state index contributed by atoms with van der Waals surface area (Å²) in [5.74, 6) is 0.554. The van der Waals surface area contributed by atoms with Crippen LogP contribution in [-0.4, -0.2) is 4.98 Å². The molecule has 0 fully saturated rings. The second kappa shape index (κ2) is 8.29. The summed E-state index contributed by atoms with van der Waals surface area (Å²) in [6.45, 7) is 0. The molecule has 0 N–H and O–H groups in total. The first-order valence-corrected chi connectivity index (χ1v) is 12.0. The Morgan fingerprint density at radius 1 is 0.611 bits per heavy atom. The number of furan rings is 1. The Labute approximate surface area is 212 Å². The van der Waals surface area contributed by atoms with Crippen LogP contribution in [0.3, 0.4) is 0 Å². The van der Waals surface area contributed by atoms with Gasteiger partial charge in [0.05, 0.1) is 5.69 Å². The van der Waals surface area contributed by atoms with Gasteiger partial charge in [-0.2, -0.15) is 0 Å². The second-order valence-corrected chi connectivity index (χ2v) is 9.04. The van der Waals surface area contributed by atoms with Crippen LogP contribution in [-0.2, 0) is 0 Å². The fourth-order valence-corrected chi connectivity index (χ4v) is 4.92. The molecule has 5 aromatic carbocycles. The van der Waals surface area contributed by atoms with E-state index in [1.165, 1.54) is 0 Å². The molecule has 0 saturated heterocycles. The molecule has 0 radical (unpaired) electrons. The molecule has 0 aliphatic carbocycles. The van der Waals surface area contributed by atoms with Crippen molar-refractivity contribution in [1.82, 2.24) is 4.98 Å². The van der Waals surface area contributed by atoms with Crippen LogP contribution in [0.2, 0.25) is 5.02 Å². The highest BCUT2D eigenvalue weighted by molar-refractivity contribution is 6.32. The van der Waals surface area contributed by atoms with Gasteiger partial charge < -0.3 is 13.7 Å². The maximum Gasteiger partial charge on any atom is 0.227 e. The Balaban J connectivity index is 1.49. The largest absolute Gasteiger partial charge is 0.456 e. The van der Waals surface area contributed by atoms with Gasteiger partial charge in [-0.15, -0.1) is 0 Å². The van der Waals surface area contributed by atoms with E-state index in [1.807, 2.05) is 84.9 Å². The average Bonchev–Trinajstić information content (AvgIpc) is 3.51. The molecule has 7 rings (SSSR count). The number of benzene rings is 5. The molecular formula is C31H19ClN2O2. The molecule has 0 aliphatic rings. The normalized spacial score (nSPS) is 11.5. The molecular weight excluding hydrogens is 468 g/mol. The summed E-state index contributed by atoms with van der Waals surface area (Å²) in [5, 5.41) is 2.70. The minimum absolute atomic E-state index is 0.554. The quantitative estimate of drug-likeness (QED) is 0.248. The zero-order valence-corrected chi connectivity index (χ0v) is 19.8. The molecule has 5 heteroatoms. The van der Waals surface area contributed by atoms with Gasteiger partial charge in [0.2, 0.25) is 5.89 Å². The van der Waals surface area contributed by atoms with E-state index in [0.29, 0.717) is 22.0 Å². The number of anilines is 3. The van der Waals surface area contributed by atoms with E-state index in [2.05, 4.69) is 35.2 Å². The maximum atomic E-state index is 6.63. The standard InChI is InChI=1S/C31H19ClN2O2/c32-21-17-26-30(36-31(33-26)20-9-3-1-4-10-20)27(18-21)34(22-11-5-2-6-12-22)23-15-16-29-25(19-23)24-13-7-8-14-28(24)35-29/h1-19H. The number of hydrogen-bond acceptors (Lipinski definition) is 4. The zero-order valence-electron chi connectivity index (χ0n) is 19.1. The first kappa shape index (κ1) is 20.8. The van der Waals surface area contributed by atoms with Crippen molar-refractivity contribution in [2.24, 2.45) is 0 Å². The smallest absolute Gasteiger partial charge is 0.227 e. The van der Waals surface area contributed by atoms with E-state index < -0.39 is 0 Å². The summed E-state index contributed by atoms with van der Waals surface area (Å²) in [7, 11) is 0. The number of hydrogen-bond donors (Lipinski definition) is 0. The highest BCUT2D eigenvalue weighted by atomic mass is 35.5. The number of fused-ring (bicyclic) bond motifs is 4. The third-order valence-corrected chi connectivity index (χ3v) is 6.55. The zero-order chi connectivity index (χ0) is 24.1. The molecule has 2 heterocycles. The van der Waals surface area contributed by atoms with E-state index in [4.69, 9.17) is 25.4 Å². The molecule has 0 atom stereocenters. The summed E-state index contributed by atoms with van der Waals surface area (Å²) in [6, 6.07) is 38.1. The van der Waals surface area contributed by atoms with E-state index in [1.54, 1.807) is 0 Å². The molecule has 2 aromatic heterocycles. The van der Waals surface area contributed by atoms with Crippen LogP contribution in [0.25, 0.3) is 44.5 Å². The van der Waals surface area contributed by atoms with Crippen molar-refractivity contribution < 1.29 is 8.83 Å². The van der Waals surface area contributed by atoms with E-state index in [-0.39, 0.29) is 0 Å². The van der Waals surface area contributed by atoms with E-state index in [0.717, 1.165) is 44.6 Å². The summed E-state index contributed by atoms with van der Waals surface area (Å²) in [5.41, 5.74) is 6.73. The third-order valence-electron chi connectivity index (χ3n) is 6.33. The molecule has 0 aliphatic heterocycles. The Morgan fingerprint density at radius 2 is 1.33 bits per heavy atom. The first-order chi connectivity index (χ1) is 17.7. The van der Waals surface area contributed by atoms with Gasteiger partial charge in [-0.25, -0.2) is 4.98 Å². The highest BCUT2D eigenvalue weighted by Gasteiger charge is 2.21. The molecule has 36 heavy (non-hydrogen) atoms. The topological polar surface area (TPSA) is 42.4 Å². The van der Waals surface area contributed by atoms with Crippen LogP contribution in [0.5, 0.6) is 0 Å². The monoisotopic (exact) mass is 486 g/mol. The third kappa shape index (κ3) is 3.43. The van der Waals surface area contributed by atoms with E-state index >= 15 is 0 Å². The van der Waals surface area contributed by atoms with Gasteiger partial charge in [-0.3, -0.25) is 0 Å². The van der Waals surface area contributed by atoms with Gasteiger partial charge in [0.15, 0.2) is 5.58 Å². The average molecular weight is 487 g/mol. The van der Waals surface area contributed by atoms with Crippen molar-refractivity contribution in [3.8, 4) is 11.5 Å². The Kier molecular flexibility index (Phi) is 4.79. The van der Waals surface area contributed by atoms with Crippen molar-refractivity contribution in [2.45, 2.75) is 0 Å². The number of oxazole rings is 1. The van der Waals surface area contributed by atoms with Crippen molar-refractivity contribution in [3.63, 3.8) is 0 Å². The molecule has 0 bridgehead atoms. The molecule has 4 nitrogen and oxygen atoms in total. The SMILES string of the molecule is Clc1cc(N(c2ccccc2)c2ccc3oc4ccccc4c3c2)c2oc(-c3ccccc3)nc2c1. The summed E-state index contributed by atoms with van der Waals surface area (Å²) in [4.78, 5) is 6.91. The Morgan fingerprint density at radius 3 is 2.17 bits per heavy atom. The molecule has 0 spiro atoms. The molecule has 0 unspecified atom stereocenters. The highest BCUT2D eigenvalue weighted by Crippen LogP contribution is 2.43. The van der Waals surface area contributed by atoms with Gasteiger partial charge >= 0.3 is 0 Å². The van der Waals surface area contributed by atoms with Gasteiger partial charge in [-0.05, 0) is 60.7 Å². The predicted molar refractivity (Wildman–Crippen MR) is 146 cm³/mol. The van der Waals surface area contributed by atoms with Crippen LogP contribution in [0.15, 0.2) is 124 Å². The number of nitrogens with zero attached hydrogens (tertiary/aromatic N) is 2. The molecule has 172 valence electrons. The first-order valence-electron chi connectivity index (χ1n) is 11.7. The molecule has 0 saturated carbocycles. The molecule has 0 amide bonds. The number of rotatable bonds is 4. The fraction of sp³-hybridized carbons (Fsp3) is 0. The van der Waals surface area contributed by atoms with Crippen molar-refractivity contribution in [2.75, 3.05) is 4.90 Å². The lowest BCUT2D eigenvalue weighted by molar-refractivity contribution is 0.620. The number of para-hydroxylation sites is 2. The maximum absolute atomic E-state index is 6.63. The van der Waals surface area contributed by atoms with Crippen LogP contribution in [0.4, 0.5) is 17.1 Å². The van der Waals surface area contributed by atoms with Gasteiger partial charge in [0, 0.05) is 32.7 Å². The number of halogens is 1. The minimum Gasteiger partial charge on any atom is -0.456 e. The minimum atomic E-state index is 0.554. The summed E-state index contributed by atoms with van der Waals surface area (Å²) < 4.78 is 12.4. The van der Waals surface area contributed by atoms with Crippen LogP contribution in [0, 0.1) is 0 Å². The number of aromatic nitrogens is 1. The van der Waals surface area contributed by atoms with Crippen LogP contribution in [0.1, 0.15) is 0 Å². The van der Waals surface area contributed by atoms with Crippen molar-refractivity contribution in [1.29, 1.82) is 0 Å². The lowest BCUT2D eigenvalue weighted by atomic mass is 10.1. The van der Waals surface area contributed by atoms with Crippen molar-refractivity contribution >= 4 is 61.7 Å². The lowest BCUT2D eigenvalue weighted by Crippen LogP contribution is -2.10. The predicted octanol–water partition coefficient (Wildman–Crippen LogP) is 9.52. The Hall–Kier alpha value is -4.54. The fourth-order valence-electron chi connectivity index (χ4n) is 4.71. The second-order valence-electron chi connectivity index (χ2n) is 8.61. The van der Waals surface area contributed by atoms with Crippen LogP contribution < -0.4 is 4.90 Å². The Bertz CT molecular complexity index is 1860. The summed E-state index contributed by atoms with van der Waals surface area (Å²) in [6.07, 6.45) is 0. The van der Waals surface area contributed by atoms with Crippen molar-refractivity contribution in [3.05, 3.63) is 120 Å². The summed E-state index contributed by atoms with van der Waals surface area (Å²) >= 11 is 6.63. The molecule has 7 aromatic rings.